The Balaban J connectivity index is 0.00000300. The third-order valence-electron chi connectivity index (χ3n) is 4.72. The smallest absolute Gasteiger partial charge is 0.191 e. The third-order valence-corrected chi connectivity index (χ3v) is 4.72. The van der Waals surface area contributed by atoms with E-state index in [1.807, 2.05) is 49.5 Å². The first kappa shape index (κ1) is 23.2. The molecule has 0 saturated carbocycles. The first-order valence-corrected chi connectivity index (χ1v) is 9.64. The number of aliphatic hydroxyl groups is 1. The Morgan fingerprint density at radius 1 is 1.17 bits per heavy atom. The van der Waals surface area contributed by atoms with Gasteiger partial charge in [-0.25, -0.2) is 4.39 Å². The van der Waals surface area contributed by atoms with Crippen molar-refractivity contribution in [3.05, 3.63) is 71.7 Å². The van der Waals surface area contributed by atoms with Gasteiger partial charge >= 0.3 is 0 Å². The van der Waals surface area contributed by atoms with E-state index in [4.69, 9.17) is 0 Å². The van der Waals surface area contributed by atoms with Crippen LogP contribution in [0.5, 0.6) is 0 Å². The van der Waals surface area contributed by atoms with Crippen LogP contribution in [0.2, 0.25) is 0 Å². The van der Waals surface area contributed by atoms with E-state index in [9.17, 15) is 9.50 Å². The Bertz CT molecular complexity index is 914. The lowest BCUT2D eigenvalue weighted by Gasteiger charge is -2.15. The molecule has 0 spiro atoms. The van der Waals surface area contributed by atoms with Crippen molar-refractivity contribution in [2.45, 2.75) is 19.3 Å². The Kier molecular flexibility index (Phi) is 9.40. The molecule has 3 aromatic rings. The molecule has 1 unspecified atom stereocenters. The van der Waals surface area contributed by atoms with Gasteiger partial charge in [0.05, 0.1) is 13.2 Å². The van der Waals surface area contributed by atoms with Gasteiger partial charge < -0.3 is 20.7 Å². The minimum atomic E-state index is -0.238. The molecule has 0 aliphatic heterocycles. The fraction of sp³-hybridized carbons (Fsp3) is 0.318. The molecule has 2 aromatic carbocycles. The number of rotatable bonds is 8. The first-order valence-electron chi connectivity index (χ1n) is 9.64. The van der Waals surface area contributed by atoms with Gasteiger partial charge in [0.15, 0.2) is 5.96 Å². The number of aromatic amines is 1. The van der Waals surface area contributed by atoms with E-state index >= 15 is 0 Å². The lowest BCUT2D eigenvalue weighted by atomic mass is 10.0. The van der Waals surface area contributed by atoms with Crippen molar-refractivity contribution >= 4 is 40.8 Å². The molecular formula is C22H28FIN4O. The molecule has 29 heavy (non-hydrogen) atoms. The maximum Gasteiger partial charge on any atom is 0.191 e. The average molecular weight is 510 g/mol. The van der Waals surface area contributed by atoms with Crippen LogP contribution in [0.3, 0.4) is 0 Å². The Labute approximate surface area is 187 Å². The molecule has 7 heteroatoms. The highest BCUT2D eigenvalue weighted by molar-refractivity contribution is 14.0. The molecule has 1 heterocycles. The van der Waals surface area contributed by atoms with Crippen molar-refractivity contribution in [2.75, 3.05) is 26.2 Å². The summed E-state index contributed by atoms with van der Waals surface area (Å²) in [6.45, 7) is 4.03. The van der Waals surface area contributed by atoms with Crippen LogP contribution in [0.25, 0.3) is 10.9 Å². The second-order valence-electron chi connectivity index (χ2n) is 6.69. The van der Waals surface area contributed by atoms with Gasteiger partial charge in [-0.15, -0.1) is 24.0 Å². The average Bonchev–Trinajstić information content (AvgIpc) is 3.11. The van der Waals surface area contributed by atoms with Crippen molar-refractivity contribution in [1.29, 1.82) is 0 Å². The molecule has 0 aliphatic carbocycles. The second kappa shape index (κ2) is 11.8. The summed E-state index contributed by atoms with van der Waals surface area (Å²) in [5, 5.41) is 17.3. The zero-order valence-corrected chi connectivity index (χ0v) is 18.8. The Morgan fingerprint density at radius 2 is 1.97 bits per heavy atom. The van der Waals surface area contributed by atoms with Crippen LogP contribution in [0, 0.1) is 5.82 Å². The first-order chi connectivity index (χ1) is 13.7. The van der Waals surface area contributed by atoms with Crippen molar-refractivity contribution in [3.63, 3.8) is 0 Å². The third kappa shape index (κ3) is 6.43. The zero-order valence-electron chi connectivity index (χ0n) is 16.5. The molecule has 0 radical (unpaired) electrons. The largest absolute Gasteiger partial charge is 0.396 e. The summed E-state index contributed by atoms with van der Waals surface area (Å²) >= 11 is 0. The molecule has 1 atom stereocenters. The number of guanidine groups is 1. The van der Waals surface area contributed by atoms with Gasteiger partial charge in [-0.2, -0.15) is 0 Å². The predicted octanol–water partition coefficient (Wildman–Crippen LogP) is 3.80. The van der Waals surface area contributed by atoms with E-state index in [0.29, 0.717) is 13.1 Å². The molecule has 1 aromatic heterocycles. The molecule has 0 bridgehead atoms. The second-order valence-corrected chi connectivity index (χ2v) is 6.69. The summed E-state index contributed by atoms with van der Waals surface area (Å²) in [5.74, 6) is 0.459. The quantitative estimate of drug-likeness (QED) is 0.212. The van der Waals surface area contributed by atoms with Crippen LogP contribution < -0.4 is 10.6 Å². The number of nitrogens with zero attached hydrogens (tertiary/aromatic N) is 1. The van der Waals surface area contributed by atoms with E-state index < -0.39 is 0 Å². The number of hydrogen-bond acceptors (Lipinski definition) is 2. The van der Waals surface area contributed by atoms with E-state index in [1.165, 1.54) is 12.1 Å². The number of aliphatic imine (C=N–C) groups is 1. The van der Waals surface area contributed by atoms with Crippen molar-refractivity contribution in [2.24, 2.45) is 4.99 Å². The van der Waals surface area contributed by atoms with Gasteiger partial charge in [-0.05, 0) is 42.7 Å². The van der Waals surface area contributed by atoms with Crippen LogP contribution in [0.4, 0.5) is 4.39 Å². The highest BCUT2D eigenvalue weighted by Crippen LogP contribution is 2.19. The van der Waals surface area contributed by atoms with Crippen LogP contribution >= 0.6 is 24.0 Å². The maximum absolute atomic E-state index is 13.3. The molecule has 0 saturated heterocycles. The number of nitrogens with one attached hydrogen (secondary N) is 3. The number of H-pyrrole nitrogens is 1. The van der Waals surface area contributed by atoms with E-state index in [1.54, 1.807) is 0 Å². The lowest BCUT2D eigenvalue weighted by molar-refractivity contribution is 0.268. The molecule has 0 aliphatic rings. The minimum absolute atomic E-state index is 0. The molecule has 3 rings (SSSR count). The summed E-state index contributed by atoms with van der Waals surface area (Å²) in [6, 6.07) is 14.7. The van der Waals surface area contributed by atoms with Crippen molar-refractivity contribution in [1.82, 2.24) is 15.6 Å². The summed E-state index contributed by atoms with van der Waals surface area (Å²) in [5.41, 5.74) is 3.02. The highest BCUT2D eigenvalue weighted by Gasteiger charge is 2.10. The number of benzene rings is 2. The predicted molar refractivity (Wildman–Crippen MR) is 128 cm³/mol. The van der Waals surface area contributed by atoms with E-state index in [-0.39, 0.29) is 42.3 Å². The molecule has 0 fully saturated rings. The summed E-state index contributed by atoms with van der Waals surface area (Å²) < 4.78 is 13.3. The summed E-state index contributed by atoms with van der Waals surface area (Å²) in [7, 11) is 0. The normalized spacial score (nSPS) is 12.4. The van der Waals surface area contributed by atoms with Gasteiger partial charge in [-0.3, -0.25) is 4.99 Å². The minimum Gasteiger partial charge on any atom is -0.396 e. The van der Waals surface area contributed by atoms with Gasteiger partial charge in [0.2, 0.25) is 0 Å². The summed E-state index contributed by atoms with van der Waals surface area (Å²) in [6.07, 6.45) is 2.71. The molecule has 156 valence electrons. The lowest BCUT2D eigenvalue weighted by Crippen LogP contribution is -2.38. The SMILES string of the molecule is CCNC(=NCC(CO)c1ccccc1)NCCc1c[nH]c2cc(F)ccc12.I. The molecule has 0 amide bonds. The van der Waals surface area contributed by atoms with Crippen LogP contribution in [0.15, 0.2) is 59.7 Å². The van der Waals surface area contributed by atoms with E-state index in [2.05, 4.69) is 20.6 Å². The van der Waals surface area contributed by atoms with Crippen LogP contribution in [0.1, 0.15) is 24.0 Å². The summed E-state index contributed by atoms with van der Waals surface area (Å²) in [4.78, 5) is 7.75. The molecular weight excluding hydrogens is 482 g/mol. The maximum atomic E-state index is 13.3. The zero-order chi connectivity index (χ0) is 19.8. The standard InChI is InChI=1S/C22H27FN4O.HI/c1-2-24-22(27-14-18(15-28)16-6-4-3-5-7-16)25-11-10-17-13-26-21-12-19(23)8-9-20(17)21;/h3-9,12-13,18,26,28H,2,10-11,14-15H2,1H3,(H2,24,25,27);1H. The molecule has 5 nitrogen and oxygen atoms in total. The van der Waals surface area contributed by atoms with Crippen molar-refractivity contribution in [3.8, 4) is 0 Å². The van der Waals surface area contributed by atoms with Crippen molar-refractivity contribution < 1.29 is 9.50 Å². The fourth-order valence-corrected chi connectivity index (χ4v) is 3.22. The monoisotopic (exact) mass is 510 g/mol. The van der Waals surface area contributed by atoms with Gasteiger partial charge in [0, 0.05) is 36.1 Å². The number of halogens is 2. The number of aliphatic hydroxyl groups excluding tert-OH is 1. The van der Waals surface area contributed by atoms with Gasteiger partial charge in [-0.1, -0.05) is 30.3 Å². The Hall–Kier alpha value is -2.13. The highest BCUT2D eigenvalue weighted by atomic mass is 127. The number of aromatic nitrogens is 1. The van der Waals surface area contributed by atoms with Gasteiger partial charge in [0.25, 0.3) is 0 Å². The van der Waals surface area contributed by atoms with Gasteiger partial charge in [0.1, 0.15) is 5.82 Å². The number of fused-ring (bicyclic) bond motifs is 1. The van der Waals surface area contributed by atoms with Crippen LogP contribution in [-0.4, -0.2) is 42.3 Å². The molecule has 4 N–H and O–H groups in total. The Morgan fingerprint density at radius 3 is 2.69 bits per heavy atom. The van der Waals surface area contributed by atoms with Crippen LogP contribution in [-0.2, 0) is 6.42 Å². The topological polar surface area (TPSA) is 72.4 Å². The fourth-order valence-electron chi connectivity index (χ4n) is 3.22. The van der Waals surface area contributed by atoms with E-state index in [0.717, 1.165) is 41.0 Å². The number of hydrogen-bond donors (Lipinski definition) is 4.